The van der Waals surface area contributed by atoms with E-state index in [1.807, 2.05) is 26.8 Å². The smallest absolute Gasteiger partial charge is 0.341 e. The Bertz CT molecular complexity index is 1150. The van der Waals surface area contributed by atoms with E-state index in [1.54, 1.807) is 12.1 Å². The molecule has 0 saturated carbocycles. The van der Waals surface area contributed by atoms with Crippen molar-refractivity contribution in [1.82, 2.24) is 4.98 Å². The van der Waals surface area contributed by atoms with Crippen LogP contribution in [-0.4, -0.2) is 16.6 Å². The summed E-state index contributed by atoms with van der Waals surface area (Å²) in [6.45, 7) is 14.1. The van der Waals surface area contributed by atoms with Gasteiger partial charge in [0.2, 0.25) is 0 Å². The number of benzene rings is 2. The minimum atomic E-state index is -0.603. The average molecular weight is 403 g/mol. The van der Waals surface area contributed by atoms with Crippen LogP contribution in [0, 0.1) is 18.3 Å². The van der Waals surface area contributed by atoms with Crippen molar-refractivity contribution in [2.75, 3.05) is 0 Å². The fourth-order valence-corrected chi connectivity index (χ4v) is 3.90. The maximum atomic E-state index is 13.2. The topological polar surface area (TPSA) is 65.9 Å². The molecule has 1 heterocycles. The minimum Gasteiger partial charge on any atom is -0.456 e. The van der Waals surface area contributed by atoms with E-state index in [0.29, 0.717) is 11.1 Å². The largest absolute Gasteiger partial charge is 0.456 e. The van der Waals surface area contributed by atoms with Gasteiger partial charge in [0.15, 0.2) is 0 Å². The zero-order valence-corrected chi connectivity index (χ0v) is 18.9. The molecule has 0 amide bonds. The van der Waals surface area contributed by atoms with Gasteiger partial charge >= 0.3 is 5.97 Å². The third-order valence-electron chi connectivity index (χ3n) is 5.60. The number of fused-ring (bicyclic) bond motifs is 1. The molecule has 1 aromatic heterocycles. The first kappa shape index (κ1) is 21.6. The number of esters is 1. The molecule has 3 aromatic rings. The van der Waals surface area contributed by atoms with Gasteiger partial charge in [-0.2, -0.15) is 5.26 Å². The number of hydrogen-bond acceptors (Lipinski definition) is 3. The van der Waals surface area contributed by atoms with Crippen molar-refractivity contribution in [3.63, 3.8) is 0 Å². The number of rotatable bonds is 4. The SMILES string of the molecule is CCc1ccc(C(C)(C)c2[nH]c3cc(C#N)ccc3c2C(=O)OC(C)(C)C)cc1C. The number of nitrogens with zero attached hydrogens (tertiary/aromatic N) is 1. The van der Waals surface area contributed by atoms with E-state index in [4.69, 9.17) is 4.74 Å². The molecule has 0 radical (unpaired) electrons. The Morgan fingerprint density at radius 3 is 2.37 bits per heavy atom. The molecule has 3 rings (SSSR count). The Balaban J connectivity index is 2.25. The molecule has 4 heteroatoms. The molecule has 0 spiro atoms. The lowest BCUT2D eigenvalue weighted by atomic mass is 9.78. The molecule has 0 aliphatic rings. The van der Waals surface area contributed by atoms with Gasteiger partial charge in [0.25, 0.3) is 0 Å². The van der Waals surface area contributed by atoms with Crippen molar-refractivity contribution in [2.24, 2.45) is 0 Å². The molecule has 30 heavy (non-hydrogen) atoms. The minimum absolute atomic E-state index is 0.358. The summed E-state index contributed by atoms with van der Waals surface area (Å²) in [5.41, 5.74) is 5.25. The van der Waals surface area contributed by atoms with Crippen molar-refractivity contribution in [1.29, 1.82) is 5.26 Å². The Hall–Kier alpha value is -3.06. The second-order valence-electron chi connectivity index (χ2n) is 9.37. The number of nitriles is 1. The van der Waals surface area contributed by atoms with Crippen LogP contribution in [-0.2, 0) is 16.6 Å². The summed E-state index contributed by atoms with van der Waals surface area (Å²) < 4.78 is 5.75. The number of aromatic amines is 1. The molecule has 4 nitrogen and oxygen atoms in total. The Labute approximate surface area is 178 Å². The van der Waals surface area contributed by atoms with E-state index in [9.17, 15) is 10.1 Å². The summed E-state index contributed by atoms with van der Waals surface area (Å²) in [4.78, 5) is 16.7. The molecule has 0 aliphatic carbocycles. The van der Waals surface area contributed by atoms with Crippen molar-refractivity contribution < 1.29 is 9.53 Å². The van der Waals surface area contributed by atoms with E-state index < -0.39 is 11.0 Å². The second-order valence-corrected chi connectivity index (χ2v) is 9.37. The third-order valence-corrected chi connectivity index (χ3v) is 5.60. The molecule has 0 unspecified atom stereocenters. The zero-order valence-electron chi connectivity index (χ0n) is 18.9. The number of aromatic nitrogens is 1. The first-order chi connectivity index (χ1) is 14.0. The fourth-order valence-electron chi connectivity index (χ4n) is 3.90. The number of carbonyl (C=O) groups excluding carboxylic acids is 1. The predicted molar refractivity (Wildman–Crippen MR) is 121 cm³/mol. The van der Waals surface area contributed by atoms with Gasteiger partial charge in [0, 0.05) is 22.0 Å². The zero-order chi connectivity index (χ0) is 22.3. The predicted octanol–water partition coefficient (Wildman–Crippen LogP) is 6.19. The highest BCUT2D eigenvalue weighted by Crippen LogP contribution is 2.38. The molecule has 0 atom stereocenters. The quantitative estimate of drug-likeness (QED) is 0.529. The van der Waals surface area contributed by atoms with Gasteiger partial charge in [-0.3, -0.25) is 0 Å². The summed E-state index contributed by atoms with van der Waals surface area (Å²) in [5.74, 6) is -0.358. The fraction of sp³-hybridized carbons (Fsp3) is 0.385. The molecule has 0 saturated heterocycles. The molecule has 0 bridgehead atoms. The number of carbonyl (C=O) groups is 1. The number of aryl methyl sites for hydroxylation is 2. The summed E-state index contributed by atoms with van der Waals surface area (Å²) in [6, 6.07) is 14.0. The Morgan fingerprint density at radius 1 is 1.10 bits per heavy atom. The van der Waals surface area contributed by atoms with Crippen LogP contribution < -0.4 is 0 Å². The van der Waals surface area contributed by atoms with E-state index in [0.717, 1.165) is 28.6 Å². The summed E-state index contributed by atoms with van der Waals surface area (Å²) in [6.07, 6.45) is 0.985. The summed E-state index contributed by atoms with van der Waals surface area (Å²) in [7, 11) is 0. The van der Waals surface area contributed by atoms with Crippen LogP contribution in [0.5, 0.6) is 0 Å². The first-order valence-electron chi connectivity index (χ1n) is 10.4. The highest BCUT2D eigenvalue weighted by molar-refractivity contribution is 6.06. The van der Waals surface area contributed by atoms with Crippen molar-refractivity contribution >= 4 is 16.9 Å². The Kier molecular flexibility index (Phi) is 5.52. The molecule has 156 valence electrons. The molecular formula is C26H30N2O2. The highest BCUT2D eigenvalue weighted by Gasteiger charge is 2.34. The standard InChI is InChI=1S/C26H30N2O2/c1-8-18-10-11-19(13-16(18)2)26(6,7)23-22(24(29)30-25(3,4)5)20-12-9-17(15-27)14-21(20)28-23/h9-14,28H,8H2,1-7H3. The van der Waals surface area contributed by atoms with Crippen LogP contribution in [0.3, 0.4) is 0 Å². The van der Waals surface area contributed by atoms with Crippen LogP contribution in [0.4, 0.5) is 0 Å². The molecule has 0 fully saturated rings. The normalized spacial score (nSPS) is 12.1. The maximum absolute atomic E-state index is 13.2. The molecular weight excluding hydrogens is 372 g/mol. The van der Waals surface area contributed by atoms with Crippen LogP contribution in [0.2, 0.25) is 0 Å². The van der Waals surface area contributed by atoms with E-state index in [2.05, 4.69) is 56.9 Å². The van der Waals surface area contributed by atoms with Gasteiger partial charge in [-0.15, -0.1) is 0 Å². The molecule has 2 aromatic carbocycles. The van der Waals surface area contributed by atoms with Gasteiger partial charge < -0.3 is 9.72 Å². The van der Waals surface area contributed by atoms with E-state index >= 15 is 0 Å². The Morgan fingerprint density at radius 2 is 1.80 bits per heavy atom. The number of H-pyrrole nitrogens is 1. The average Bonchev–Trinajstić information content (AvgIpc) is 3.06. The lowest BCUT2D eigenvalue weighted by Gasteiger charge is -2.28. The lowest BCUT2D eigenvalue weighted by Crippen LogP contribution is -2.27. The van der Waals surface area contributed by atoms with Crippen molar-refractivity contribution in [2.45, 2.75) is 65.9 Å². The van der Waals surface area contributed by atoms with Gasteiger partial charge in [-0.1, -0.05) is 45.0 Å². The van der Waals surface area contributed by atoms with Crippen molar-refractivity contribution in [3.05, 3.63) is 69.9 Å². The summed E-state index contributed by atoms with van der Waals surface area (Å²) in [5, 5.41) is 10.1. The summed E-state index contributed by atoms with van der Waals surface area (Å²) >= 11 is 0. The molecule has 1 N–H and O–H groups in total. The van der Waals surface area contributed by atoms with Gasteiger partial charge in [-0.25, -0.2) is 4.79 Å². The highest BCUT2D eigenvalue weighted by atomic mass is 16.6. The lowest BCUT2D eigenvalue weighted by molar-refractivity contribution is 0.00696. The number of hydrogen-bond donors (Lipinski definition) is 1. The van der Waals surface area contributed by atoms with Gasteiger partial charge in [0.05, 0.1) is 17.2 Å². The third kappa shape index (κ3) is 3.98. The van der Waals surface area contributed by atoms with Gasteiger partial charge in [0.1, 0.15) is 5.60 Å². The van der Waals surface area contributed by atoms with Crippen LogP contribution >= 0.6 is 0 Å². The van der Waals surface area contributed by atoms with Gasteiger partial charge in [-0.05, 0) is 62.9 Å². The molecule has 0 aliphatic heterocycles. The van der Waals surface area contributed by atoms with Crippen LogP contribution in [0.1, 0.15) is 79.8 Å². The monoisotopic (exact) mass is 402 g/mol. The van der Waals surface area contributed by atoms with E-state index in [-0.39, 0.29) is 5.97 Å². The van der Waals surface area contributed by atoms with Crippen LogP contribution in [0.15, 0.2) is 36.4 Å². The first-order valence-corrected chi connectivity index (χ1v) is 10.4. The number of nitrogens with one attached hydrogen (secondary N) is 1. The second kappa shape index (κ2) is 7.65. The maximum Gasteiger partial charge on any atom is 0.341 e. The number of ether oxygens (including phenoxy) is 1. The van der Waals surface area contributed by atoms with Crippen molar-refractivity contribution in [3.8, 4) is 6.07 Å². The van der Waals surface area contributed by atoms with Crippen LogP contribution in [0.25, 0.3) is 10.9 Å². The van der Waals surface area contributed by atoms with E-state index in [1.165, 1.54) is 11.1 Å².